The smallest absolute Gasteiger partial charge is 0.201 e. The minimum Gasteiger partial charge on any atom is -0.497 e. The van der Waals surface area contributed by atoms with Gasteiger partial charge in [-0.15, -0.1) is 0 Å². The maximum Gasteiger partial charge on any atom is 0.201 e. The minimum atomic E-state index is -2.20. The number of rotatable bonds is 16. The monoisotopic (exact) mass is 606 g/mol. The van der Waals surface area contributed by atoms with Crippen LogP contribution in [0, 0.1) is 0 Å². The molecule has 6 heteroatoms. The Kier molecular flexibility index (Phi) is 14.2. The van der Waals surface area contributed by atoms with Gasteiger partial charge in [0.15, 0.2) is 8.32 Å². The number of hydrogen-bond acceptors (Lipinski definition) is 3. The van der Waals surface area contributed by atoms with Crippen LogP contribution >= 0.6 is 0 Å². The summed E-state index contributed by atoms with van der Waals surface area (Å²) in [5.41, 5.74) is 2.77. The van der Waals surface area contributed by atoms with E-state index >= 15 is 0 Å². The Balaban J connectivity index is 4.00. The predicted molar refractivity (Wildman–Crippen MR) is 186 cm³/mol. The first kappa shape index (κ1) is 37.4. The molecular formula is C34H66O3Si3. The first-order valence-corrected chi connectivity index (χ1v) is 24.5. The standard InChI is InChI=1S/C34H66O3Si3/c1-17-18-19-20-31(36-39(15,16)34(8,9)10)33(37-40(26(2)3,27(4)5)28(6)7)32(38(12,13)14)25-29-21-23-30(35-11)24-22-29/h21-28,31,33H,17-20H2,1-16H3/b32-25-/t31-,33-/m0/s1. The van der Waals surface area contributed by atoms with Crippen LogP contribution in [0.15, 0.2) is 29.5 Å². The van der Waals surface area contributed by atoms with E-state index in [2.05, 4.69) is 132 Å². The summed E-state index contributed by atoms with van der Waals surface area (Å²) in [5, 5.41) is 1.62. The Bertz CT molecular complexity index is 884. The Morgan fingerprint density at radius 1 is 0.800 bits per heavy atom. The van der Waals surface area contributed by atoms with Gasteiger partial charge in [-0.2, -0.15) is 0 Å². The number of benzene rings is 1. The third kappa shape index (κ3) is 9.68. The maximum atomic E-state index is 7.86. The second kappa shape index (κ2) is 15.2. The normalized spacial score (nSPS) is 15.7. The summed E-state index contributed by atoms with van der Waals surface area (Å²) in [7, 11) is -4.35. The molecule has 3 nitrogen and oxygen atoms in total. The van der Waals surface area contributed by atoms with Gasteiger partial charge in [-0.1, -0.05) is 132 Å². The Morgan fingerprint density at radius 2 is 1.30 bits per heavy atom. The van der Waals surface area contributed by atoms with Gasteiger partial charge in [-0.05, 0) is 58.9 Å². The summed E-state index contributed by atoms with van der Waals surface area (Å²) in [4.78, 5) is 0. The third-order valence-corrected chi connectivity index (χ3v) is 22.1. The van der Waals surface area contributed by atoms with Crippen LogP contribution in [0.3, 0.4) is 0 Å². The summed E-state index contributed by atoms with van der Waals surface area (Å²) in [6.07, 6.45) is 7.16. The number of hydrogen-bond donors (Lipinski definition) is 0. The van der Waals surface area contributed by atoms with Gasteiger partial charge < -0.3 is 13.6 Å². The minimum absolute atomic E-state index is 0.0291. The highest BCUT2D eigenvalue weighted by molar-refractivity contribution is 6.84. The van der Waals surface area contributed by atoms with Crippen molar-refractivity contribution in [1.82, 2.24) is 0 Å². The molecule has 0 heterocycles. The molecule has 232 valence electrons. The largest absolute Gasteiger partial charge is 0.497 e. The fourth-order valence-electron chi connectivity index (χ4n) is 6.00. The second-order valence-electron chi connectivity index (χ2n) is 15.4. The summed E-state index contributed by atoms with van der Waals surface area (Å²) >= 11 is 0. The molecule has 0 radical (unpaired) electrons. The van der Waals surface area contributed by atoms with Crippen molar-refractivity contribution in [3.63, 3.8) is 0 Å². The number of methoxy groups -OCH3 is 1. The van der Waals surface area contributed by atoms with Gasteiger partial charge in [0.2, 0.25) is 8.32 Å². The van der Waals surface area contributed by atoms with Crippen molar-refractivity contribution >= 4 is 30.8 Å². The Hall–Kier alpha value is -0.669. The van der Waals surface area contributed by atoms with E-state index in [1.165, 1.54) is 30.0 Å². The Morgan fingerprint density at radius 3 is 1.68 bits per heavy atom. The maximum absolute atomic E-state index is 7.86. The van der Waals surface area contributed by atoms with E-state index in [1.807, 2.05) is 0 Å². The highest BCUT2D eigenvalue weighted by Crippen LogP contribution is 2.47. The average Bonchev–Trinajstić information content (AvgIpc) is 2.81. The van der Waals surface area contributed by atoms with E-state index in [4.69, 9.17) is 13.6 Å². The molecule has 0 aromatic heterocycles. The zero-order valence-corrected chi connectivity index (χ0v) is 32.3. The Labute approximate surface area is 253 Å². The molecule has 0 bridgehead atoms. The average molecular weight is 607 g/mol. The van der Waals surface area contributed by atoms with E-state index in [9.17, 15) is 0 Å². The summed E-state index contributed by atoms with van der Waals surface area (Å²) in [6, 6.07) is 8.53. The van der Waals surface area contributed by atoms with Crippen molar-refractivity contribution in [3.05, 3.63) is 35.0 Å². The molecule has 2 atom stereocenters. The van der Waals surface area contributed by atoms with Crippen molar-refractivity contribution in [1.29, 1.82) is 0 Å². The molecular weight excluding hydrogens is 541 g/mol. The fourth-order valence-corrected chi connectivity index (χ4v) is 14.7. The van der Waals surface area contributed by atoms with Gasteiger partial charge in [0.1, 0.15) is 5.75 Å². The zero-order valence-electron chi connectivity index (χ0n) is 29.3. The van der Waals surface area contributed by atoms with Crippen LogP contribution < -0.4 is 4.74 Å². The molecule has 0 aliphatic heterocycles. The lowest BCUT2D eigenvalue weighted by atomic mass is 10.0. The van der Waals surface area contributed by atoms with E-state index in [-0.39, 0.29) is 17.2 Å². The third-order valence-electron chi connectivity index (χ3n) is 9.33. The van der Waals surface area contributed by atoms with Crippen LogP contribution in [0.1, 0.15) is 100 Å². The molecule has 1 aromatic carbocycles. The zero-order chi connectivity index (χ0) is 31.1. The van der Waals surface area contributed by atoms with E-state index < -0.39 is 24.7 Å². The van der Waals surface area contributed by atoms with Crippen LogP contribution in [0.5, 0.6) is 5.75 Å². The molecule has 0 aliphatic rings. The predicted octanol–water partition coefficient (Wildman–Crippen LogP) is 11.5. The molecule has 0 N–H and O–H groups in total. The molecule has 0 amide bonds. The molecule has 0 saturated carbocycles. The van der Waals surface area contributed by atoms with Crippen LogP contribution in [0.2, 0.25) is 54.4 Å². The van der Waals surface area contributed by atoms with Gasteiger partial charge in [0, 0.05) is 0 Å². The van der Waals surface area contributed by atoms with E-state index in [0.717, 1.165) is 12.2 Å². The summed E-state index contributed by atoms with van der Waals surface area (Å²) in [5.74, 6) is 0.893. The topological polar surface area (TPSA) is 27.7 Å². The van der Waals surface area contributed by atoms with Crippen LogP contribution in [-0.4, -0.2) is 44.0 Å². The van der Waals surface area contributed by atoms with Gasteiger partial charge >= 0.3 is 0 Å². The molecule has 40 heavy (non-hydrogen) atoms. The molecule has 1 rings (SSSR count). The van der Waals surface area contributed by atoms with Gasteiger partial charge in [-0.3, -0.25) is 0 Å². The van der Waals surface area contributed by atoms with Crippen LogP contribution in [0.25, 0.3) is 6.08 Å². The first-order chi connectivity index (χ1) is 18.2. The van der Waals surface area contributed by atoms with Crippen molar-refractivity contribution < 1.29 is 13.6 Å². The fraction of sp³-hybridized carbons (Fsp3) is 0.765. The molecule has 0 unspecified atom stereocenters. The van der Waals surface area contributed by atoms with E-state index in [0.29, 0.717) is 16.6 Å². The van der Waals surface area contributed by atoms with Crippen molar-refractivity contribution in [3.8, 4) is 5.75 Å². The van der Waals surface area contributed by atoms with Crippen molar-refractivity contribution in [2.75, 3.05) is 7.11 Å². The van der Waals surface area contributed by atoms with Crippen molar-refractivity contribution in [2.24, 2.45) is 0 Å². The van der Waals surface area contributed by atoms with Gasteiger partial charge in [0.25, 0.3) is 0 Å². The molecule has 0 aliphatic carbocycles. The molecule has 0 fully saturated rings. The SMILES string of the molecule is CCCCC[C@H](O[Si](C)(C)C(C)(C)C)[C@H](O[Si](C(C)C)(C(C)C)C(C)C)/C(=C/c1ccc(OC)cc1)[Si](C)(C)C. The highest BCUT2D eigenvalue weighted by atomic mass is 28.4. The van der Waals surface area contributed by atoms with Crippen LogP contribution in [0.4, 0.5) is 0 Å². The number of unbranched alkanes of at least 4 members (excludes halogenated alkanes) is 2. The van der Waals surface area contributed by atoms with Gasteiger partial charge in [0.05, 0.1) is 27.4 Å². The summed E-state index contributed by atoms with van der Waals surface area (Å²) < 4.78 is 20.8. The number of ether oxygens (including phenoxy) is 1. The molecule has 1 aromatic rings. The lowest BCUT2D eigenvalue weighted by Crippen LogP contribution is -2.57. The lowest BCUT2D eigenvalue weighted by molar-refractivity contribution is 0.0507. The second-order valence-corrected chi connectivity index (χ2v) is 30.6. The highest BCUT2D eigenvalue weighted by Gasteiger charge is 2.50. The van der Waals surface area contributed by atoms with E-state index in [1.54, 1.807) is 7.11 Å². The lowest BCUT2D eigenvalue weighted by Gasteiger charge is -2.50. The van der Waals surface area contributed by atoms with Crippen LogP contribution in [-0.2, 0) is 8.85 Å². The summed E-state index contributed by atoms with van der Waals surface area (Å²) in [6.45, 7) is 36.1. The molecule has 0 spiro atoms. The first-order valence-electron chi connectivity index (χ1n) is 16.0. The van der Waals surface area contributed by atoms with Gasteiger partial charge in [-0.25, -0.2) is 0 Å². The molecule has 0 saturated heterocycles. The quantitative estimate of drug-likeness (QED) is 0.138. The van der Waals surface area contributed by atoms with Crippen molar-refractivity contribution in [2.45, 2.75) is 162 Å².